The van der Waals surface area contributed by atoms with E-state index in [-0.39, 0.29) is 11.7 Å². The molecule has 0 saturated carbocycles. The van der Waals surface area contributed by atoms with Crippen LogP contribution >= 0.6 is 0 Å². The van der Waals surface area contributed by atoms with E-state index in [0.29, 0.717) is 6.10 Å². The molecule has 66 valence electrons. The molecule has 0 bridgehead atoms. The highest BCUT2D eigenvalue weighted by Gasteiger charge is 2.54. The van der Waals surface area contributed by atoms with Crippen LogP contribution in [-0.2, 0) is 9.47 Å². The fourth-order valence-corrected chi connectivity index (χ4v) is 1.81. The highest BCUT2D eigenvalue weighted by molar-refractivity contribution is 5.12. The van der Waals surface area contributed by atoms with Crippen molar-refractivity contribution < 1.29 is 9.47 Å². The van der Waals surface area contributed by atoms with Crippen molar-refractivity contribution >= 4 is 0 Å². The van der Waals surface area contributed by atoms with Gasteiger partial charge in [0.25, 0.3) is 0 Å². The Morgan fingerprint density at radius 2 is 2.50 bits per heavy atom. The van der Waals surface area contributed by atoms with Gasteiger partial charge in [0.05, 0.1) is 12.2 Å². The topological polar surface area (TPSA) is 45.5 Å². The van der Waals surface area contributed by atoms with Crippen LogP contribution in [0, 0.1) is 11.3 Å². The number of nitrogens with zero attached hydrogens (tertiary/aromatic N) is 1. The quantitative estimate of drug-likeness (QED) is 0.581. The van der Waals surface area contributed by atoms with Gasteiger partial charge >= 0.3 is 0 Å². The normalized spacial score (nSPS) is 45.7. The highest BCUT2D eigenvalue weighted by atomic mass is 16.6. The second-order valence-electron chi connectivity index (χ2n) is 3.78. The van der Waals surface area contributed by atoms with Crippen LogP contribution in [0.3, 0.4) is 0 Å². The van der Waals surface area contributed by atoms with Gasteiger partial charge in [-0.1, -0.05) is 0 Å². The molecule has 0 aromatic rings. The van der Waals surface area contributed by atoms with Crippen LogP contribution in [0.4, 0.5) is 0 Å². The van der Waals surface area contributed by atoms with Crippen molar-refractivity contribution in [2.45, 2.75) is 44.0 Å². The molecule has 2 heterocycles. The van der Waals surface area contributed by atoms with Crippen molar-refractivity contribution in [3.63, 3.8) is 0 Å². The van der Waals surface area contributed by atoms with Crippen molar-refractivity contribution in [3.05, 3.63) is 0 Å². The molecule has 0 spiro atoms. The van der Waals surface area contributed by atoms with Crippen molar-refractivity contribution in [1.82, 2.24) is 0 Å². The molecule has 2 fully saturated rings. The molecule has 0 aliphatic carbocycles. The Morgan fingerprint density at radius 3 is 3.00 bits per heavy atom. The maximum Gasteiger partial charge on any atom is 0.173 e. The van der Waals surface area contributed by atoms with Gasteiger partial charge in [-0.05, 0) is 19.8 Å². The molecule has 2 saturated heterocycles. The van der Waals surface area contributed by atoms with E-state index in [1.54, 1.807) is 0 Å². The maximum absolute atomic E-state index is 8.60. The molecule has 0 amide bonds. The van der Waals surface area contributed by atoms with Gasteiger partial charge in [-0.15, -0.1) is 0 Å². The Bertz CT molecular complexity index is 217. The summed E-state index contributed by atoms with van der Waals surface area (Å²) in [5.41, 5.74) is -0.205. The van der Waals surface area contributed by atoms with Gasteiger partial charge in [0.1, 0.15) is 5.60 Å². The first-order valence-corrected chi connectivity index (χ1v) is 4.44. The Balaban J connectivity index is 1.84. The van der Waals surface area contributed by atoms with Crippen LogP contribution in [0.25, 0.3) is 0 Å². The van der Waals surface area contributed by atoms with Crippen molar-refractivity contribution in [2.75, 3.05) is 6.61 Å². The first-order valence-electron chi connectivity index (χ1n) is 4.44. The van der Waals surface area contributed by atoms with E-state index in [1.807, 2.05) is 6.92 Å². The van der Waals surface area contributed by atoms with E-state index >= 15 is 0 Å². The molecule has 3 nitrogen and oxygen atoms in total. The summed E-state index contributed by atoms with van der Waals surface area (Å²) in [5.74, 6) is 0. The second-order valence-corrected chi connectivity index (χ2v) is 3.78. The molecular formula is C9H13NO2. The fraction of sp³-hybridized carbons (Fsp3) is 0.889. The molecule has 3 atom stereocenters. The summed E-state index contributed by atoms with van der Waals surface area (Å²) in [5, 5.41) is 8.60. The predicted octanol–water partition coefficient (Wildman–Crippen LogP) is 1.24. The summed E-state index contributed by atoms with van der Waals surface area (Å²) in [4.78, 5) is 0. The Labute approximate surface area is 72.3 Å². The smallest absolute Gasteiger partial charge is 0.173 e. The molecule has 0 aromatic carbocycles. The molecule has 3 unspecified atom stereocenters. The van der Waals surface area contributed by atoms with Gasteiger partial charge in [-0.3, -0.25) is 0 Å². The number of hydrogen-bond donors (Lipinski definition) is 0. The zero-order chi connectivity index (χ0) is 8.60. The van der Waals surface area contributed by atoms with Crippen LogP contribution in [-0.4, -0.2) is 24.4 Å². The second kappa shape index (κ2) is 2.72. The van der Waals surface area contributed by atoms with Gasteiger partial charge in [0.2, 0.25) is 0 Å². The largest absolute Gasteiger partial charge is 0.378 e. The lowest BCUT2D eigenvalue weighted by Gasteiger charge is -2.11. The minimum Gasteiger partial charge on any atom is -0.378 e. The van der Waals surface area contributed by atoms with Gasteiger partial charge in [-0.2, -0.15) is 5.26 Å². The van der Waals surface area contributed by atoms with Crippen molar-refractivity contribution in [1.29, 1.82) is 5.26 Å². The van der Waals surface area contributed by atoms with E-state index in [1.165, 1.54) is 0 Å². The number of rotatable bonds is 2. The van der Waals surface area contributed by atoms with Gasteiger partial charge in [-0.25, -0.2) is 0 Å². The Hall–Kier alpha value is -0.590. The number of hydrogen-bond acceptors (Lipinski definition) is 3. The SMILES string of the molecule is CC1(CC2CCCO2)OC1C#N. The summed E-state index contributed by atoms with van der Waals surface area (Å²) in [6.07, 6.45) is 3.29. The first kappa shape index (κ1) is 8.03. The fourth-order valence-electron chi connectivity index (χ4n) is 1.81. The Kier molecular flexibility index (Phi) is 1.82. The summed E-state index contributed by atoms with van der Waals surface area (Å²) in [7, 11) is 0. The molecule has 2 aliphatic rings. The highest BCUT2D eigenvalue weighted by Crippen LogP contribution is 2.41. The lowest BCUT2D eigenvalue weighted by Crippen LogP contribution is -2.18. The number of ether oxygens (including phenoxy) is 2. The zero-order valence-electron chi connectivity index (χ0n) is 7.25. The molecular weight excluding hydrogens is 154 g/mol. The molecule has 2 aliphatic heterocycles. The Morgan fingerprint density at radius 1 is 1.67 bits per heavy atom. The predicted molar refractivity (Wildman–Crippen MR) is 42.5 cm³/mol. The van der Waals surface area contributed by atoms with Crippen LogP contribution in [0.15, 0.2) is 0 Å². The van der Waals surface area contributed by atoms with Crippen LogP contribution in [0.5, 0.6) is 0 Å². The van der Waals surface area contributed by atoms with Gasteiger partial charge < -0.3 is 9.47 Å². The molecule has 0 radical (unpaired) electrons. The first-order chi connectivity index (χ1) is 5.74. The standard InChI is InChI=1S/C9H13NO2/c1-9(8(6-10)12-9)5-7-3-2-4-11-7/h7-8H,2-5H2,1H3. The number of nitriles is 1. The van der Waals surface area contributed by atoms with Crippen LogP contribution in [0.2, 0.25) is 0 Å². The van der Waals surface area contributed by atoms with E-state index in [4.69, 9.17) is 14.7 Å². The van der Waals surface area contributed by atoms with Crippen LogP contribution < -0.4 is 0 Å². The van der Waals surface area contributed by atoms with Crippen LogP contribution in [0.1, 0.15) is 26.2 Å². The lowest BCUT2D eigenvalue weighted by atomic mass is 9.99. The maximum atomic E-state index is 8.60. The zero-order valence-corrected chi connectivity index (χ0v) is 7.25. The van der Waals surface area contributed by atoms with E-state index in [9.17, 15) is 0 Å². The van der Waals surface area contributed by atoms with E-state index < -0.39 is 0 Å². The lowest BCUT2D eigenvalue weighted by molar-refractivity contribution is 0.0834. The van der Waals surface area contributed by atoms with E-state index in [0.717, 1.165) is 25.9 Å². The molecule has 0 N–H and O–H groups in total. The summed E-state index contributed by atoms with van der Waals surface area (Å²) in [6, 6.07) is 2.13. The van der Waals surface area contributed by atoms with Crippen molar-refractivity contribution in [2.24, 2.45) is 0 Å². The summed E-state index contributed by atoms with van der Waals surface area (Å²) < 4.78 is 10.7. The van der Waals surface area contributed by atoms with E-state index in [2.05, 4.69) is 6.07 Å². The monoisotopic (exact) mass is 167 g/mol. The van der Waals surface area contributed by atoms with Gasteiger partial charge in [0.15, 0.2) is 6.10 Å². The average Bonchev–Trinajstić information content (AvgIpc) is 2.48. The average molecular weight is 167 g/mol. The molecule has 0 aromatic heterocycles. The summed E-state index contributed by atoms with van der Waals surface area (Å²) in [6.45, 7) is 2.86. The summed E-state index contributed by atoms with van der Waals surface area (Å²) >= 11 is 0. The molecule has 3 heteroatoms. The minimum absolute atomic E-state index is 0.193. The third-order valence-corrected chi connectivity index (χ3v) is 2.66. The third kappa shape index (κ3) is 1.33. The molecule has 2 rings (SSSR count). The third-order valence-electron chi connectivity index (χ3n) is 2.66. The molecule has 12 heavy (non-hydrogen) atoms. The van der Waals surface area contributed by atoms with Gasteiger partial charge in [0, 0.05) is 13.0 Å². The van der Waals surface area contributed by atoms with Crippen molar-refractivity contribution in [3.8, 4) is 6.07 Å². The number of epoxide rings is 1. The minimum atomic E-state index is -0.205.